The van der Waals surface area contributed by atoms with Gasteiger partial charge in [0.05, 0.1) is 31.0 Å². The lowest BCUT2D eigenvalue weighted by molar-refractivity contribution is -0.136. The van der Waals surface area contributed by atoms with Crippen molar-refractivity contribution in [3.05, 3.63) is 101 Å². The normalized spacial score (nSPS) is 15.2. The van der Waals surface area contributed by atoms with Crippen LogP contribution < -0.4 is 20.1 Å². The summed E-state index contributed by atoms with van der Waals surface area (Å²) in [6, 6.07) is 19.1. The molecule has 1 heterocycles. The molecule has 180 valence electrons. The second-order valence-corrected chi connectivity index (χ2v) is 7.73. The Morgan fingerprint density at radius 3 is 2.40 bits per heavy atom. The number of nitrogens with one attached hydrogen (secondary N) is 2. The smallest absolute Gasteiger partial charge is 0.338 e. The Labute approximate surface area is 202 Å². The average molecular weight is 477 g/mol. The molecule has 0 aliphatic carbocycles. The third kappa shape index (κ3) is 5.43. The van der Waals surface area contributed by atoms with Crippen molar-refractivity contribution in [1.29, 1.82) is 0 Å². The highest BCUT2D eigenvalue weighted by Gasteiger charge is 2.34. The molecule has 0 saturated carbocycles. The number of ether oxygens (including phenoxy) is 3. The second-order valence-electron chi connectivity index (χ2n) is 7.73. The van der Waals surface area contributed by atoms with Crippen molar-refractivity contribution < 1.29 is 28.2 Å². The summed E-state index contributed by atoms with van der Waals surface area (Å²) in [6.45, 7) is 2.44. The molecule has 3 aromatic carbocycles. The Hall–Kier alpha value is -4.33. The zero-order chi connectivity index (χ0) is 24.8. The number of amides is 2. The van der Waals surface area contributed by atoms with Gasteiger partial charge >= 0.3 is 12.0 Å². The fourth-order valence-electron chi connectivity index (χ4n) is 3.81. The number of hydrogen-bond acceptors (Lipinski definition) is 5. The van der Waals surface area contributed by atoms with Gasteiger partial charge in [0.2, 0.25) is 0 Å². The lowest BCUT2D eigenvalue weighted by Gasteiger charge is -2.29. The lowest BCUT2D eigenvalue weighted by Crippen LogP contribution is -2.45. The van der Waals surface area contributed by atoms with Crippen LogP contribution in [0.4, 0.5) is 9.18 Å². The Morgan fingerprint density at radius 1 is 0.971 bits per heavy atom. The third-order valence-electron chi connectivity index (χ3n) is 5.45. The molecule has 2 amide bonds. The molecular formula is C27H25FN2O5. The molecule has 2 N–H and O–H groups in total. The van der Waals surface area contributed by atoms with E-state index in [-0.39, 0.29) is 18.0 Å². The molecule has 0 aromatic heterocycles. The predicted octanol–water partition coefficient (Wildman–Crippen LogP) is 4.74. The number of methoxy groups -OCH3 is 1. The first-order valence-electron chi connectivity index (χ1n) is 11.1. The highest BCUT2D eigenvalue weighted by Crippen LogP contribution is 2.37. The molecule has 35 heavy (non-hydrogen) atoms. The lowest BCUT2D eigenvalue weighted by atomic mass is 9.92. The topological polar surface area (TPSA) is 85.9 Å². The molecule has 0 radical (unpaired) electrons. The number of rotatable bonds is 8. The number of benzene rings is 3. The van der Waals surface area contributed by atoms with Gasteiger partial charge in [-0.3, -0.25) is 0 Å². The number of esters is 1. The van der Waals surface area contributed by atoms with Crippen LogP contribution in [0.1, 0.15) is 29.7 Å². The van der Waals surface area contributed by atoms with Crippen LogP contribution in [0.15, 0.2) is 78.4 Å². The first-order chi connectivity index (χ1) is 17.0. The van der Waals surface area contributed by atoms with Gasteiger partial charge in [0.1, 0.15) is 12.4 Å². The van der Waals surface area contributed by atoms with Gasteiger partial charge in [-0.05, 0) is 47.9 Å². The molecule has 8 heteroatoms. The van der Waals surface area contributed by atoms with Gasteiger partial charge in [0.15, 0.2) is 11.5 Å². The molecule has 1 atom stereocenters. The monoisotopic (exact) mass is 476 g/mol. The molecule has 0 fully saturated rings. The molecule has 0 saturated heterocycles. The van der Waals surface area contributed by atoms with E-state index in [0.717, 1.165) is 5.56 Å². The van der Waals surface area contributed by atoms with E-state index in [1.165, 1.54) is 19.2 Å². The summed E-state index contributed by atoms with van der Waals surface area (Å²) in [5.74, 6) is 0.0369. The standard InChI is InChI=1S/C27H25FN2O5/c1-3-34-22-15-19(11-14-21(22)35-16-17-9-12-20(28)13-10-17)25-23(26(31)33-2)24(29-27(32)30-25)18-7-5-4-6-8-18/h4-15,25H,3,16H2,1-2H3,(H2,29,30,32). The maximum atomic E-state index is 13.2. The minimum atomic E-state index is -0.781. The van der Waals surface area contributed by atoms with E-state index in [9.17, 15) is 14.0 Å². The van der Waals surface area contributed by atoms with Crippen molar-refractivity contribution in [3.63, 3.8) is 0 Å². The first-order valence-corrected chi connectivity index (χ1v) is 11.1. The van der Waals surface area contributed by atoms with Crippen LogP contribution in [0.3, 0.4) is 0 Å². The van der Waals surface area contributed by atoms with Crippen molar-refractivity contribution in [2.24, 2.45) is 0 Å². The van der Waals surface area contributed by atoms with Crippen molar-refractivity contribution in [3.8, 4) is 11.5 Å². The van der Waals surface area contributed by atoms with E-state index in [2.05, 4.69) is 10.6 Å². The van der Waals surface area contributed by atoms with Crippen LogP contribution in [-0.4, -0.2) is 25.7 Å². The Kier molecular flexibility index (Phi) is 7.30. The summed E-state index contributed by atoms with van der Waals surface area (Å²) in [4.78, 5) is 25.4. The van der Waals surface area contributed by atoms with Crippen molar-refractivity contribution in [2.75, 3.05) is 13.7 Å². The van der Waals surface area contributed by atoms with Crippen LogP contribution in [0.25, 0.3) is 5.70 Å². The van der Waals surface area contributed by atoms with E-state index in [4.69, 9.17) is 14.2 Å². The maximum Gasteiger partial charge on any atom is 0.338 e. The minimum absolute atomic E-state index is 0.218. The van der Waals surface area contributed by atoms with E-state index >= 15 is 0 Å². The van der Waals surface area contributed by atoms with Gasteiger partial charge in [-0.1, -0.05) is 48.5 Å². The van der Waals surface area contributed by atoms with Crippen LogP contribution in [0.5, 0.6) is 11.5 Å². The molecule has 0 spiro atoms. The van der Waals surface area contributed by atoms with Crippen LogP contribution in [-0.2, 0) is 16.1 Å². The largest absolute Gasteiger partial charge is 0.490 e. The fraction of sp³-hybridized carbons (Fsp3) is 0.185. The Bertz CT molecular complexity index is 1240. The molecule has 7 nitrogen and oxygen atoms in total. The van der Waals surface area contributed by atoms with Crippen LogP contribution in [0.2, 0.25) is 0 Å². The average Bonchev–Trinajstić information content (AvgIpc) is 2.88. The van der Waals surface area contributed by atoms with E-state index in [0.29, 0.717) is 34.9 Å². The van der Waals surface area contributed by atoms with Gasteiger partial charge in [-0.2, -0.15) is 0 Å². The summed E-state index contributed by atoms with van der Waals surface area (Å²) >= 11 is 0. The molecule has 0 bridgehead atoms. The second kappa shape index (κ2) is 10.7. The van der Waals surface area contributed by atoms with Crippen LogP contribution >= 0.6 is 0 Å². The quantitative estimate of drug-likeness (QED) is 0.459. The van der Waals surface area contributed by atoms with E-state index in [1.54, 1.807) is 42.5 Å². The summed E-state index contributed by atoms with van der Waals surface area (Å²) in [5.41, 5.74) is 2.73. The van der Waals surface area contributed by atoms with Gasteiger partial charge in [0.25, 0.3) is 0 Å². The first kappa shape index (κ1) is 23.8. The highest BCUT2D eigenvalue weighted by molar-refractivity contribution is 6.04. The molecule has 3 aromatic rings. The molecule has 1 aliphatic heterocycles. The number of urea groups is 1. The summed E-state index contributed by atoms with van der Waals surface area (Å²) in [6.07, 6.45) is 0. The SMILES string of the molecule is CCOc1cc(C2NC(=O)NC(c3ccccc3)=C2C(=O)OC)ccc1OCc1ccc(F)cc1. The third-order valence-corrected chi connectivity index (χ3v) is 5.45. The van der Waals surface area contributed by atoms with Crippen molar-refractivity contribution in [1.82, 2.24) is 10.6 Å². The minimum Gasteiger partial charge on any atom is -0.490 e. The number of halogens is 1. The molecule has 1 unspecified atom stereocenters. The van der Waals surface area contributed by atoms with E-state index in [1.807, 2.05) is 25.1 Å². The maximum absolute atomic E-state index is 13.2. The zero-order valence-corrected chi connectivity index (χ0v) is 19.3. The molecule has 4 rings (SSSR count). The van der Waals surface area contributed by atoms with Gasteiger partial charge in [0, 0.05) is 0 Å². The van der Waals surface area contributed by atoms with Crippen molar-refractivity contribution in [2.45, 2.75) is 19.6 Å². The summed E-state index contributed by atoms with van der Waals surface area (Å²) in [5, 5.41) is 5.55. The van der Waals surface area contributed by atoms with E-state index < -0.39 is 18.0 Å². The predicted molar refractivity (Wildman–Crippen MR) is 128 cm³/mol. The summed E-state index contributed by atoms with van der Waals surface area (Å²) in [7, 11) is 1.30. The zero-order valence-electron chi connectivity index (χ0n) is 19.3. The van der Waals surface area contributed by atoms with Gasteiger partial charge in [-0.25, -0.2) is 14.0 Å². The van der Waals surface area contributed by atoms with Crippen LogP contribution in [0, 0.1) is 5.82 Å². The highest BCUT2D eigenvalue weighted by atomic mass is 19.1. The molecule has 1 aliphatic rings. The Balaban J connectivity index is 1.71. The summed E-state index contributed by atoms with van der Waals surface area (Å²) < 4.78 is 29.9. The van der Waals surface area contributed by atoms with Crippen molar-refractivity contribution >= 4 is 17.7 Å². The molecular weight excluding hydrogens is 451 g/mol. The van der Waals surface area contributed by atoms with Gasteiger partial charge < -0.3 is 24.8 Å². The number of carbonyl (C=O) groups is 2. The number of carbonyl (C=O) groups excluding carboxylic acids is 2. The Morgan fingerprint density at radius 2 is 1.71 bits per heavy atom. The fourth-order valence-corrected chi connectivity index (χ4v) is 3.81. The van der Waals surface area contributed by atoms with Gasteiger partial charge in [-0.15, -0.1) is 0 Å². The number of hydrogen-bond donors (Lipinski definition) is 2.